The molecule has 0 saturated carbocycles. The molecule has 0 bridgehead atoms. The normalized spacial score (nSPS) is 21.4. The Bertz CT molecular complexity index is 740. The highest BCUT2D eigenvalue weighted by Crippen LogP contribution is 2.29. The lowest BCUT2D eigenvalue weighted by Gasteiger charge is -2.24. The van der Waals surface area contributed by atoms with E-state index in [9.17, 15) is 18.3 Å². The van der Waals surface area contributed by atoms with E-state index < -0.39 is 28.1 Å². The van der Waals surface area contributed by atoms with Crippen LogP contribution >= 0.6 is 0 Å². The molecule has 1 heterocycles. The van der Waals surface area contributed by atoms with E-state index in [2.05, 4.69) is 26.1 Å². The van der Waals surface area contributed by atoms with Gasteiger partial charge in [0.1, 0.15) is 6.04 Å². The average Bonchev–Trinajstić information content (AvgIpc) is 3.01. The van der Waals surface area contributed by atoms with E-state index >= 15 is 0 Å². The largest absolute Gasteiger partial charge is 0.392 e. The first kappa shape index (κ1) is 21.8. The van der Waals surface area contributed by atoms with Crippen molar-refractivity contribution in [3.8, 4) is 0 Å². The molecule has 2 rings (SSSR count). The molecule has 7 nitrogen and oxygen atoms in total. The number of amides is 1. The number of ether oxygens (including phenoxy) is 1. The minimum atomic E-state index is -3.88. The van der Waals surface area contributed by atoms with Gasteiger partial charge in [-0.25, -0.2) is 8.42 Å². The molecule has 1 saturated heterocycles. The summed E-state index contributed by atoms with van der Waals surface area (Å²) in [7, 11) is -2.30. The second-order valence-corrected chi connectivity index (χ2v) is 9.78. The molecule has 0 unspecified atom stereocenters. The molecule has 0 radical (unpaired) electrons. The molecule has 2 N–H and O–H groups in total. The number of carbonyl (C=O) groups excluding carboxylic acids is 1. The van der Waals surface area contributed by atoms with Gasteiger partial charge in [0, 0.05) is 33.2 Å². The Kier molecular flexibility index (Phi) is 7.02. The van der Waals surface area contributed by atoms with Gasteiger partial charge in [-0.1, -0.05) is 32.9 Å². The number of methoxy groups -OCH3 is 1. The lowest BCUT2D eigenvalue weighted by Crippen LogP contribution is -2.46. The second-order valence-electron chi connectivity index (χ2n) is 7.89. The summed E-state index contributed by atoms with van der Waals surface area (Å²) in [5.41, 5.74) is 0.937. The Morgan fingerprint density at radius 1 is 1.30 bits per heavy atom. The van der Waals surface area contributed by atoms with Crippen LogP contribution in [0.15, 0.2) is 29.2 Å². The highest BCUT2D eigenvalue weighted by atomic mass is 32.2. The van der Waals surface area contributed by atoms with Crippen LogP contribution in [0.5, 0.6) is 0 Å². The number of hydrogen-bond acceptors (Lipinski definition) is 5. The monoisotopic (exact) mass is 398 g/mol. The molecule has 0 aromatic heterocycles. The van der Waals surface area contributed by atoms with Crippen LogP contribution in [0.2, 0.25) is 0 Å². The van der Waals surface area contributed by atoms with E-state index in [1.165, 1.54) is 0 Å². The second kappa shape index (κ2) is 8.68. The van der Waals surface area contributed by atoms with Gasteiger partial charge in [-0.15, -0.1) is 0 Å². The summed E-state index contributed by atoms with van der Waals surface area (Å²) >= 11 is 0. The fourth-order valence-electron chi connectivity index (χ4n) is 3.10. The van der Waals surface area contributed by atoms with Gasteiger partial charge in [0.05, 0.1) is 11.0 Å². The smallest absolute Gasteiger partial charge is 0.243 e. The van der Waals surface area contributed by atoms with Gasteiger partial charge in [-0.3, -0.25) is 4.79 Å². The average molecular weight is 399 g/mol. The Morgan fingerprint density at radius 2 is 1.93 bits per heavy atom. The summed E-state index contributed by atoms with van der Waals surface area (Å²) in [5.74, 6) is -0.391. The molecule has 1 aliphatic rings. The van der Waals surface area contributed by atoms with Crippen LogP contribution in [0.4, 0.5) is 0 Å². The number of aliphatic hydroxyl groups is 1. The first-order valence-electron chi connectivity index (χ1n) is 9.14. The summed E-state index contributed by atoms with van der Waals surface area (Å²) < 4.78 is 32.1. The number of hydrogen-bond donors (Lipinski definition) is 2. The number of carbonyl (C=O) groups is 1. The summed E-state index contributed by atoms with van der Waals surface area (Å²) in [6.07, 6.45) is -0.128. The predicted octanol–water partition coefficient (Wildman–Crippen LogP) is 1.26. The highest BCUT2D eigenvalue weighted by Gasteiger charge is 2.43. The number of rotatable bonds is 7. The quantitative estimate of drug-likeness (QED) is 0.674. The van der Waals surface area contributed by atoms with Crippen molar-refractivity contribution in [2.45, 2.75) is 56.1 Å². The van der Waals surface area contributed by atoms with E-state index in [0.29, 0.717) is 19.6 Å². The third-order valence-electron chi connectivity index (χ3n) is 4.69. The van der Waals surface area contributed by atoms with Gasteiger partial charge in [-0.2, -0.15) is 4.31 Å². The Labute approximate surface area is 161 Å². The van der Waals surface area contributed by atoms with Crippen molar-refractivity contribution in [3.63, 3.8) is 0 Å². The van der Waals surface area contributed by atoms with Crippen molar-refractivity contribution in [1.29, 1.82) is 0 Å². The summed E-state index contributed by atoms with van der Waals surface area (Å²) in [4.78, 5) is 12.6. The molecule has 0 aliphatic carbocycles. The molecule has 2 atom stereocenters. The van der Waals surface area contributed by atoms with E-state index in [1.807, 2.05) is 0 Å². The van der Waals surface area contributed by atoms with Crippen molar-refractivity contribution in [2.75, 3.05) is 26.8 Å². The van der Waals surface area contributed by atoms with Crippen molar-refractivity contribution >= 4 is 15.9 Å². The zero-order valence-electron chi connectivity index (χ0n) is 16.4. The molecule has 1 aromatic carbocycles. The maximum Gasteiger partial charge on any atom is 0.243 e. The molecule has 27 heavy (non-hydrogen) atoms. The van der Waals surface area contributed by atoms with Gasteiger partial charge < -0.3 is 15.2 Å². The van der Waals surface area contributed by atoms with Crippen LogP contribution in [0.25, 0.3) is 0 Å². The topological polar surface area (TPSA) is 95.9 Å². The van der Waals surface area contributed by atoms with Crippen LogP contribution < -0.4 is 5.32 Å². The predicted molar refractivity (Wildman–Crippen MR) is 103 cm³/mol. The van der Waals surface area contributed by atoms with Crippen molar-refractivity contribution in [1.82, 2.24) is 9.62 Å². The molecular weight excluding hydrogens is 368 g/mol. The van der Waals surface area contributed by atoms with Gasteiger partial charge >= 0.3 is 0 Å². The van der Waals surface area contributed by atoms with E-state index in [0.717, 1.165) is 9.87 Å². The third-order valence-corrected chi connectivity index (χ3v) is 6.58. The molecule has 8 heteroatoms. The number of benzene rings is 1. The van der Waals surface area contributed by atoms with Crippen LogP contribution in [0, 0.1) is 0 Å². The SMILES string of the molecule is COCCCNC(=O)[C@@H]1C[C@@H](O)CN1S(=O)(=O)c1ccc(C(C)(C)C)cc1. The number of nitrogens with one attached hydrogen (secondary N) is 1. The summed E-state index contributed by atoms with van der Waals surface area (Å²) in [6.45, 7) is 6.98. The standard InChI is InChI=1S/C19H30N2O5S/c1-19(2,3)14-6-8-16(9-7-14)27(24,25)21-13-15(22)12-17(21)18(23)20-10-5-11-26-4/h6-9,15,17,22H,5,10-13H2,1-4H3,(H,20,23)/t15-,17+/m1/s1. The fraction of sp³-hybridized carbons (Fsp3) is 0.632. The van der Waals surface area contributed by atoms with Crippen molar-refractivity contribution < 1.29 is 23.1 Å². The van der Waals surface area contributed by atoms with Gasteiger partial charge in [-0.05, 0) is 29.5 Å². The molecule has 152 valence electrons. The fourth-order valence-corrected chi connectivity index (χ4v) is 4.73. The highest BCUT2D eigenvalue weighted by molar-refractivity contribution is 7.89. The molecule has 1 aliphatic heterocycles. The molecule has 1 fully saturated rings. The lowest BCUT2D eigenvalue weighted by molar-refractivity contribution is -0.124. The molecule has 1 amide bonds. The zero-order valence-corrected chi connectivity index (χ0v) is 17.3. The van der Waals surface area contributed by atoms with Crippen LogP contribution in [0.3, 0.4) is 0 Å². The lowest BCUT2D eigenvalue weighted by atomic mass is 9.87. The van der Waals surface area contributed by atoms with Crippen LogP contribution in [0.1, 0.15) is 39.2 Å². The molecular formula is C19H30N2O5S. The Hall–Kier alpha value is -1.48. The first-order chi connectivity index (χ1) is 12.6. The van der Waals surface area contributed by atoms with Gasteiger partial charge in [0.15, 0.2) is 0 Å². The van der Waals surface area contributed by atoms with Gasteiger partial charge in [0.25, 0.3) is 0 Å². The number of sulfonamides is 1. The molecule has 0 spiro atoms. The number of nitrogens with zero attached hydrogens (tertiary/aromatic N) is 1. The zero-order chi connectivity index (χ0) is 20.2. The maximum absolute atomic E-state index is 13.0. The Balaban J connectivity index is 2.18. The third kappa shape index (κ3) is 5.28. The van der Waals surface area contributed by atoms with Crippen molar-refractivity contribution in [3.05, 3.63) is 29.8 Å². The maximum atomic E-state index is 13.0. The van der Waals surface area contributed by atoms with Crippen LogP contribution in [-0.4, -0.2) is 62.7 Å². The minimum absolute atomic E-state index is 0.0838. The first-order valence-corrected chi connectivity index (χ1v) is 10.6. The minimum Gasteiger partial charge on any atom is -0.392 e. The summed E-state index contributed by atoms with van der Waals surface area (Å²) in [5, 5.41) is 12.7. The van der Waals surface area contributed by atoms with Crippen LogP contribution in [-0.2, 0) is 25.0 Å². The van der Waals surface area contributed by atoms with Crippen molar-refractivity contribution in [2.24, 2.45) is 0 Å². The molecule has 1 aromatic rings. The number of β-amino-alcohol motifs (C(OH)–C–C–N with tert-alkyl or cyclic N) is 1. The van der Waals surface area contributed by atoms with Gasteiger partial charge in [0.2, 0.25) is 15.9 Å². The van der Waals surface area contributed by atoms with E-state index in [-0.39, 0.29) is 23.3 Å². The van der Waals surface area contributed by atoms with E-state index in [1.54, 1.807) is 31.4 Å². The number of aliphatic hydroxyl groups excluding tert-OH is 1. The summed E-state index contributed by atoms with van der Waals surface area (Å²) in [6, 6.07) is 5.80. The Morgan fingerprint density at radius 3 is 2.48 bits per heavy atom. The van der Waals surface area contributed by atoms with E-state index in [4.69, 9.17) is 4.74 Å².